The Morgan fingerprint density at radius 3 is 2.74 bits per heavy atom. The molecule has 0 fully saturated rings. The highest BCUT2D eigenvalue weighted by molar-refractivity contribution is 5.94. The SMILES string of the molecule is [2H]C1([2H])CCCCc2cc(O)cc(O)c2C(=O)O[C@@H](C)CCC([2H])([2H])C1([2H])O. The van der Waals surface area contributed by atoms with Crippen molar-refractivity contribution in [1.82, 2.24) is 0 Å². The van der Waals surface area contributed by atoms with Crippen LogP contribution in [-0.2, 0) is 11.2 Å². The zero-order valence-corrected chi connectivity index (χ0v) is 13.1. The van der Waals surface area contributed by atoms with Crippen molar-refractivity contribution >= 4 is 5.97 Å². The molecule has 1 aliphatic rings. The Labute approximate surface area is 143 Å². The first kappa shape index (κ1) is 11.7. The van der Waals surface area contributed by atoms with Crippen molar-refractivity contribution in [2.45, 2.75) is 70.4 Å². The first-order chi connectivity index (χ1) is 12.8. The molecule has 5 nitrogen and oxygen atoms in total. The Balaban J connectivity index is 2.39. The van der Waals surface area contributed by atoms with E-state index in [1.54, 1.807) is 0 Å². The fourth-order valence-corrected chi connectivity index (χ4v) is 2.51. The van der Waals surface area contributed by atoms with E-state index in [4.69, 9.17) is 11.6 Å². The van der Waals surface area contributed by atoms with Crippen LogP contribution < -0.4 is 0 Å². The fraction of sp³-hybridized carbons (Fsp3) is 0.611. The third-order valence-electron chi connectivity index (χ3n) is 3.70. The van der Waals surface area contributed by atoms with Crippen molar-refractivity contribution in [2.75, 3.05) is 0 Å². The number of cyclic esters (lactones) is 1. The first-order valence-electron chi connectivity index (χ1n) is 10.3. The van der Waals surface area contributed by atoms with Gasteiger partial charge in [0.25, 0.3) is 0 Å². The summed E-state index contributed by atoms with van der Waals surface area (Å²) in [4.78, 5) is 12.5. The van der Waals surface area contributed by atoms with Gasteiger partial charge in [-0.3, -0.25) is 0 Å². The van der Waals surface area contributed by atoms with Gasteiger partial charge in [-0.25, -0.2) is 4.79 Å². The van der Waals surface area contributed by atoms with Crippen LogP contribution in [0.4, 0.5) is 0 Å². The molecule has 0 aromatic heterocycles. The molecule has 1 heterocycles. The minimum Gasteiger partial charge on any atom is -0.508 e. The van der Waals surface area contributed by atoms with Gasteiger partial charge < -0.3 is 20.1 Å². The number of fused-ring (bicyclic) bond motifs is 1. The topological polar surface area (TPSA) is 87.0 Å². The van der Waals surface area contributed by atoms with E-state index in [1.807, 2.05) is 0 Å². The molecular formula is C18H26O5. The summed E-state index contributed by atoms with van der Waals surface area (Å²) in [6, 6.07) is 2.37. The van der Waals surface area contributed by atoms with Gasteiger partial charge in [0.15, 0.2) is 0 Å². The van der Waals surface area contributed by atoms with E-state index in [2.05, 4.69) is 0 Å². The molecule has 0 bridgehead atoms. The summed E-state index contributed by atoms with van der Waals surface area (Å²) < 4.78 is 45.3. The maximum absolute atomic E-state index is 12.5. The fourth-order valence-electron chi connectivity index (χ4n) is 2.51. The molecule has 1 aliphatic heterocycles. The lowest BCUT2D eigenvalue weighted by Crippen LogP contribution is -2.18. The molecule has 128 valence electrons. The van der Waals surface area contributed by atoms with Gasteiger partial charge in [0.1, 0.15) is 17.1 Å². The molecule has 0 spiro atoms. The Morgan fingerprint density at radius 1 is 1.22 bits per heavy atom. The molecule has 2 atom stereocenters. The van der Waals surface area contributed by atoms with Crippen LogP contribution in [0.25, 0.3) is 0 Å². The molecule has 2 rings (SSSR count). The average molecular weight is 327 g/mol. The number of aryl methyl sites for hydroxylation is 1. The molecule has 0 amide bonds. The van der Waals surface area contributed by atoms with Gasteiger partial charge in [-0.05, 0) is 57.0 Å². The number of aromatic hydroxyl groups is 2. The van der Waals surface area contributed by atoms with Crippen molar-refractivity contribution < 1.29 is 31.7 Å². The Morgan fingerprint density at radius 2 is 1.96 bits per heavy atom. The monoisotopic (exact) mass is 327 g/mol. The number of carbonyl (C=O) groups is 1. The summed E-state index contributed by atoms with van der Waals surface area (Å²) >= 11 is 0. The molecule has 0 saturated carbocycles. The van der Waals surface area contributed by atoms with E-state index >= 15 is 0 Å². The molecule has 1 unspecified atom stereocenters. The molecule has 0 saturated heterocycles. The Kier molecular flexibility index (Phi) is 4.18. The van der Waals surface area contributed by atoms with E-state index in [9.17, 15) is 20.1 Å². The second kappa shape index (κ2) is 8.20. The lowest BCUT2D eigenvalue weighted by Gasteiger charge is -2.18. The summed E-state index contributed by atoms with van der Waals surface area (Å²) in [5.74, 6) is -1.46. The minimum absolute atomic E-state index is 0.0514. The normalized spacial score (nSPS) is 35.1. The van der Waals surface area contributed by atoms with Crippen LogP contribution in [0.15, 0.2) is 12.1 Å². The van der Waals surface area contributed by atoms with Crippen LogP contribution in [0.5, 0.6) is 11.5 Å². The molecule has 0 radical (unpaired) electrons. The third kappa shape index (κ3) is 5.13. The molecule has 1 aromatic carbocycles. The number of carbonyl (C=O) groups excluding carboxylic acids is 1. The minimum atomic E-state index is -2.97. The summed E-state index contributed by atoms with van der Waals surface area (Å²) in [7, 11) is 0. The highest BCUT2D eigenvalue weighted by Crippen LogP contribution is 2.30. The van der Waals surface area contributed by atoms with Crippen molar-refractivity contribution in [3.63, 3.8) is 0 Å². The van der Waals surface area contributed by atoms with E-state index < -0.39 is 43.1 Å². The quantitative estimate of drug-likeness (QED) is 0.637. The molecule has 0 aliphatic carbocycles. The number of hydrogen-bond acceptors (Lipinski definition) is 5. The summed E-state index contributed by atoms with van der Waals surface area (Å²) in [5, 5.41) is 30.2. The second-order valence-electron chi connectivity index (χ2n) is 5.66. The van der Waals surface area contributed by atoms with Gasteiger partial charge in [-0.2, -0.15) is 0 Å². The van der Waals surface area contributed by atoms with Crippen LogP contribution in [-0.4, -0.2) is 33.5 Å². The molecule has 1 aromatic rings. The largest absolute Gasteiger partial charge is 0.508 e. The number of rotatable bonds is 0. The van der Waals surface area contributed by atoms with E-state index in [1.165, 1.54) is 13.0 Å². The number of benzene rings is 1. The average Bonchev–Trinajstić information content (AvgIpc) is 2.55. The van der Waals surface area contributed by atoms with Gasteiger partial charge in [0, 0.05) is 11.5 Å². The van der Waals surface area contributed by atoms with Gasteiger partial charge in [0.05, 0.1) is 13.6 Å². The van der Waals surface area contributed by atoms with Crippen LogP contribution in [0.2, 0.25) is 0 Å². The summed E-state index contributed by atoms with van der Waals surface area (Å²) in [5.41, 5.74) is 0.272. The standard InChI is InChI=1S/C18H26O5/c1-12-6-5-9-14(19)8-4-2-3-7-13-10-15(20)11-16(21)17(13)18(22)23-12/h10-12,14,19-21H,2-9H2,1H3/t12-,14?/m0/s1/i8D2,9D2,14D. The van der Waals surface area contributed by atoms with Gasteiger partial charge in [-0.15, -0.1) is 0 Å². The summed E-state index contributed by atoms with van der Waals surface area (Å²) in [6.45, 7) is 1.51. The number of phenolic OH excluding ortho intramolecular Hbond substituents is 2. The number of aliphatic hydroxyl groups is 1. The predicted molar refractivity (Wildman–Crippen MR) is 86.7 cm³/mol. The number of hydrogen-bond donors (Lipinski definition) is 3. The number of ether oxygens (including phenoxy) is 1. The van der Waals surface area contributed by atoms with Crippen LogP contribution >= 0.6 is 0 Å². The van der Waals surface area contributed by atoms with E-state index in [0.29, 0.717) is 12.0 Å². The van der Waals surface area contributed by atoms with Crippen molar-refractivity contribution in [3.05, 3.63) is 23.3 Å². The van der Waals surface area contributed by atoms with Gasteiger partial charge in [0.2, 0.25) is 0 Å². The Hall–Kier alpha value is -1.75. The zero-order chi connectivity index (χ0) is 21.3. The lowest BCUT2D eigenvalue weighted by atomic mass is 9.97. The van der Waals surface area contributed by atoms with Gasteiger partial charge in [-0.1, -0.05) is 12.8 Å². The number of phenols is 2. The van der Waals surface area contributed by atoms with Gasteiger partial charge >= 0.3 is 5.97 Å². The first-order valence-corrected chi connectivity index (χ1v) is 7.77. The maximum atomic E-state index is 12.5. The van der Waals surface area contributed by atoms with Crippen molar-refractivity contribution in [1.29, 1.82) is 0 Å². The van der Waals surface area contributed by atoms with E-state index in [-0.39, 0.29) is 37.0 Å². The smallest absolute Gasteiger partial charge is 0.342 e. The van der Waals surface area contributed by atoms with E-state index in [0.717, 1.165) is 6.07 Å². The lowest BCUT2D eigenvalue weighted by molar-refractivity contribution is 0.0305. The van der Waals surface area contributed by atoms with Crippen molar-refractivity contribution in [2.24, 2.45) is 0 Å². The molecule has 23 heavy (non-hydrogen) atoms. The molecular weight excluding hydrogens is 296 g/mol. The van der Waals surface area contributed by atoms with Crippen LogP contribution in [0.3, 0.4) is 0 Å². The third-order valence-corrected chi connectivity index (χ3v) is 3.70. The Bertz CT molecular complexity index is 735. The van der Waals surface area contributed by atoms with Crippen LogP contribution in [0, 0.1) is 0 Å². The van der Waals surface area contributed by atoms with Crippen molar-refractivity contribution in [3.8, 4) is 11.5 Å². The summed E-state index contributed by atoms with van der Waals surface area (Å²) in [6.07, 6.45) is -8.78. The predicted octanol–water partition coefficient (Wildman–Crippen LogP) is 3.29. The van der Waals surface area contributed by atoms with Crippen LogP contribution in [0.1, 0.15) is 74.5 Å². The highest BCUT2D eigenvalue weighted by atomic mass is 16.5. The molecule has 3 N–H and O–H groups in total. The second-order valence-corrected chi connectivity index (χ2v) is 5.66. The maximum Gasteiger partial charge on any atom is 0.342 e. The number of esters is 1. The highest BCUT2D eigenvalue weighted by Gasteiger charge is 2.21. The zero-order valence-electron chi connectivity index (χ0n) is 18.1. The molecule has 5 heteroatoms.